The Balaban J connectivity index is 1.90. The van der Waals surface area contributed by atoms with Gasteiger partial charge in [-0.25, -0.2) is 8.42 Å². The van der Waals surface area contributed by atoms with Gasteiger partial charge < -0.3 is 4.90 Å². The summed E-state index contributed by atoms with van der Waals surface area (Å²) < 4.78 is 25.0. The lowest BCUT2D eigenvalue weighted by Gasteiger charge is -2.33. The molecule has 1 aromatic carbocycles. The van der Waals surface area contributed by atoms with Crippen LogP contribution < -0.4 is 0 Å². The molecule has 1 aliphatic rings. The molecule has 0 saturated carbocycles. The Hall–Kier alpha value is -1.40. The van der Waals surface area contributed by atoms with E-state index in [1.54, 1.807) is 11.8 Å². The van der Waals surface area contributed by atoms with Crippen LogP contribution in [0.1, 0.15) is 18.1 Å². The third-order valence-corrected chi connectivity index (χ3v) is 5.71. The fourth-order valence-corrected chi connectivity index (χ4v) is 3.48. The first-order chi connectivity index (χ1) is 9.92. The number of aryl methyl sites for hydroxylation is 1. The highest BCUT2D eigenvalue weighted by atomic mass is 32.2. The maximum atomic E-state index is 12.2. The maximum Gasteiger partial charge on any atom is 0.227 e. The average molecular weight is 310 g/mol. The van der Waals surface area contributed by atoms with Crippen molar-refractivity contribution in [1.29, 1.82) is 0 Å². The van der Waals surface area contributed by atoms with E-state index in [-0.39, 0.29) is 11.7 Å². The molecule has 1 fully saturated rings. The van der Waals surface area contributed by atoms with Crippen LogP contribution in [0, 0.1) is 6.92 Å². The number of sulfonamides is 1. The quantitative estimate of drug-likeness (QED) is 0.834. The number of rotatable bonds is 4. The van der Waals surface area contributed by atoms with E-state index in [0.717, 1.165) is 5.56 Å². The predicted octanol–water partition coefficient (Wildman–Crippen LogP) is 1.03. The zero-order chi connectivity index (χ0) is 15.5. The van der Waals surface area contributed by atoms with Gasteiger partial charge in [-0.1, -0.05) is 29.8 Å². The van der Waals surface area contributed by atoms with Crippen LogP contribution in [0.5, 0.6) is 0 Å². The number of amides is 1. The van der Waals surface area contributed by atoms with Crippen molar-refractivity contribution in [2.45, 2.75) is 20.3 Å². The van der Waals surface area contributed by atoms with Gasteiger partial charge in [0.25, 0.3) is 0 Å². The highest BCUT2D eigenvalue weighted by Gasteiger charge is 2.27. The van der Waals surface area contributed by atoms with Crippen LogP contribution in [0.15, 0.2) is 24.3 Å². The summed E-state index contributed by atoms with van der Waals surface area (Å²) >= 11 is 0. The Morgan fingerprint density at radius 2 is 1.67 bits per heavy atom. The third-order valence-electron chi connectivity index (χ3n) is 3.83. The molecule has 2 rings (SSSR count). The first kappa shape index (κ1) is 16.0. The number of hydrogen-bond donors (Lipinski definition) is 0. The molecule has 5 nitrogen and oxygen atoms in total. The van der Waals surface area contributed by atoms with E-state index in [1.807, 2.05) is 31.2 Å². The van der Waals surface area contributed by atoms with Gasteiger partial charge in [0.05, 0.1) is 12.2 Å². The van der Waals surface area contributed by atoms with Crippen LogP contribution in [0.25, 0.3) is 0 Å². The molecule has 0 radical (unpaired) electrons. The molecule has 6 heteroatoms. The number of carbonyl (C=O) groups excluding carboxylic acids is 1. The predicted molar refractivity (Wildman–Crippen MR) is 82.5 cm³/mol. The summed E-state index contributed by atoms with van der Waals surface area (Å²) in [6, 6.07) is 7.92. The molecule has 0 N–H and O–H groups in total. The van der Waals surface area contributed by atoms with E-state index >= 15 is 0 Å². The van der Waals surface area contributed by atoms with E-state index < -0.39 is 10.0 Å². The second-order valence-corrected chi connectivity index (χ2v) is 7.60. The van der Waals surface area contributed by atoms with Crippen molar-refractivity contribution in [3.8, 4) is 0 Å². The van der Waals surface area contributed by atoms with Crippen molar-refractivity contribution in [3.05, 3.63) is 35.4 Å². The minimum atomic E-state index is -3.14. The van der Waals surface area contributed by atoms with Crippen LogP contribution in [-0.2, 0) is 21.2 Å². The Morgan fingerprint density at radius 1 is 1.10 bits per heavy atom. The molecule has 0 unspecified atom stereocenters. The largest absolute Gasteiger partial charge is 0.340 e. The molecule has 1 aliphatic heterocycles. The molecule has 0 atom stereocenters. The second kappa shape index (κ2) is 6.58. The number of hydrogen-bond acceptors (Lipinski definition) is 3. The van der Waals surface area contributed by atoms with E-state index in [0.29, 0.717) is 32.6 Å². The van der Waals surface area contributed by atoms with Gasteiger partial charge in [0.15, 0.2) is 0 Å². The lowest BCUT2D eigenvalue weighted by molar-refractivity contribution is -0.131. The minimum Gasteiger partial charge on any atom is -0.340 e. The van der Waals surface area contributed by atoms with Crippen LogP contribution in [0.2, 0.25) is 0 Å². The Labute approximate surface area is 126 Å². The van der Waals surface area contributed by atoms with Crippen LogP contribution in [0.3, 0.4) is 0 Å². The van der Waals surface area contributed by atoms with E-state index in [9.17, 15) is 13.2 Å². The molecular formula is C15H22N2O3S. The standard InChI is InChI=1S/C15H22N2O3S/c1-3-21(19,20)17-10-8-16(9-11-17)15(18)12-14-6-4-13(2)5-7-14/h4-7H,3,8-12H2,1-2H3. The van der Waals surface area contributed by atoms with Gasteiger partial charge in [-0.2, -0.15) is 4.31 Å². The van der Waals surface area contributed by atoms with E-state index in [4.69, 9.17) is 0 Å². The molecule has 1 heterocycles. The van der Waals surface area contributed by atoms with Crippen molar-refractivity contribution in [2.24, 2.45) is 0 Å². The zero-order valence-corrected chi connectivity index (χ0v) is 13.4. The van der Waals surface area contributed by atoms with Crippen LogP contribution in [-0.4, -0.2) is 55.5 Å². The Bertz CT molecular complexity index is 588. The number of piperazine rings is 1. The smallest absolute Gasteiger partial charge is 0.227 e. The molecule has 116 valence electrons. The maximum absolute atomic E-state index is 12.2. The van der Waals surface area contributed by atoms with Crippen molar-refractivity contribution in [1.82, 2.24) is 9.21 Å². The molecule has 0 spiro atoms. The average Bonchev–Trinajstić information content (AvgIpc) is 2.49. The SMILES string of the molecule is CCS(=O)(=O)N1CCN(C(=O)Cc2ccc(C)cc2)CC1. The molecule has 1 amide bonds. The van der Waals surface area contributed by atoms with Crippen LogP contribution in [0.4, 0.5) is 0 Å². The van der Waals surface area contributed by atoms with Gasteiger partial charge in [0.2, 0.25) is 15.9 Å². The van der Waals surface area contributed by atoms with Crippen LogP contribution >= 0.6 is 0 Å². The Kier molecular flexibility index (Phi) is 5.00. The summed E-state index contributed by atoms with van der Waals surface area (Å²) in [6.45, 7) is 5.41. The number of nitrogens with zero attached hydrogens (tertiary/aromatic N) is 2. The normalized spacial score (nSPS) is 17.0. The van der Waals surface area contributed by atoms with E-state index in [2.05, 4.69) is 0 Å². The van der Waals surface area contributed by atoms with Gasteiger partial charge in [0, 0.05) is 26.2 Å². The van der Waals surface area contributed by atoms with Crippen molar-refractivity contribution >= 4 is 15.9 Å². The lowest BCUT2D eigenvalue weighted by atomic mass is 10.1. The summed E-state index contributed by atoms with van der Waals surface area (Å²) in [4.78, 5) is 14.0. The molecule has 0 aromatic heterocycles. The lowest BCUT2D eigenvalue weighted by Crippen LogP contribution is -2.51. The Morgan fingerprint density at radius 3 is 2.19 bits per heavy atom. The summed E-state index contributed by atoms with van der Waals surface area (Å²) in [6.07, 6.45) is 0.376. The highest BCUT2D eigenvalue weighted by molar-refractivity contribution is 7.89. The monoisotopic (exact) mass is 310 g/mol. The van der Waals surface area contributed by atoms with Gasteiger partial charge in [-0.3, -0.25) is 4.79 Å². The van der Waals surface area contributed by atoms with Gasteiger partial charge >= 0.3 is 0 Å². The topological polar surface area (TPSA) is 57.7 Å². The fraction of sp³-hybridized carbons (Fsp3) is 0.533. The zero-order valence-electron chi connectivity index (χ0n) is 12.6. The van der Waals surface area contributed by atoms with Gasteiger partial charge in [-0.15, -0.1) is 0 Å². The first-order valence-corrected chi connectivity index (χ1v) is 8.84. The molecule has 1 aromatic rings. The van der Waals surface area contributed by atoms with Crippen molar-refractivity contribution in [3.63, 3.8) is 0 Å². The minimum absolute atomic E-state index is 0.0624. The number of benzene rings is 1. The molecule has 0 bridgehead atoms. The highest BCUT2D eigenvalue weighted by Crippen LogP contribution is 2.11. The summed E-state index contributed by atoms with van der Waals surface area (Å²) in [5.41, 5.74) is 2.17. The summed E-state index contributed by atoms with van der Waals surface area (Å²) in [5, 5.41) is 0. The summed E-state index contributed by atoms with van der Waals surface area (Å²) in [5.74, 6) is 0.178. The van der Waals surface area contributed by atoms with Gasteiger partial charge in [0.1, 0.15) is 0 Å². The number of carbonyl (C=O) groups is 1. The summed E-state index contributed by atoms with van der Waals surface area (Å²) in [7, 11) is -3.14. The van der Waals surface area contributed by atoms with Crippen molar-refractivity contribution < 1.29 is 13.2 Å². The molecule has 1 saturated heterocycles. The molecule has 0 aliphatic carbocycles. The van der Waals surface area contributed by atoms with Gasteiger partial charge in [-0.05, 0) is 19.4 Å². The third kappa shape index (κ3) is 4.04. The molecular weight excluding hydrogens is 288 g/mol. The fourth-order valence-electron chi connectivity index (χ4n) is 2.39. The van der Waals surface area contributed by atoms with E-state index in [1.165, 1.54) is 9.87 Å². The molecule has 21 heavy (non-hydrogen) atoms. The van der Waals surface area contributed by atoms with Crippen molar-refractivity contribution in [2.75, 3.05) is 31.9 Å². The second-order valence-electron chi connectivity index (χ2n) is 5.34. The first-order valence-electron chi connectivity index (χ1n) is 7.23.